The molecule has 0 radical (unpaired) electrons. The maximum Gasteiger partial charge on any atom is 0.154 e. The summed E-state index contributed by atoms with van der Waals surface area (Å²) in [5.74, 6) is 0.393. The second kappa shape index (κ2) is 6.73. The Morgan fingerprint density at radius 1 is 1.15 bits per heavy atom. The number of aromatic hydroxyl groups is 1. The van der Waals surface area contributed by atoms with E-state index in [-0.39, 0.29) is 17.9 Å². The molecular formula is C16H16O4. The molecule has 4 nitrogen and oxygen atoms in total. The number of benzene rings is 2. The molecule has 4 heteroatoms. The average molecular weight is 272 g/mol. The zero-order valence-electron chi connectivity index (χ0n) is 11.2. The molecule has 2 rings (SSSR count). The van der Waals surface area contributed by atoms with Crippen LogP contribution in [0, 0.1) is 0 Å². The molecule has 0 aliphatic rings. The summed E-state index contributed by atoms with van der Waals surface area (Å²) in [6.45, 7) is 0.671. The van der Waals surface area contributed by atoms with Crippen molar-refractivity contribution in [2.45, 2.75) is 13.2 Å². The van der Waals surface area contributed by atoms with Gasteiger partial charge in [-0.25, -0.2) is 0 Å². The summed E-state index contributed by atoms with van der Waals surface area (Å²) in [6.07, 6.45) is 0.621. The van der Waals surface area contributed by atoms with Crippen molar-refractivity contribution in [3.05, 3.63) is 59.2 Å². The van der Waals surface area contributed by atoms with Crippen LogP contribution < -0.4 is 4.74 Å². The van der Waals surface area contributed by atoms with Crippen LogP contribution in [0.5, 0.6) is 11.5 Å². The van der Waals surface area contributed by atoms with Gasteiger partial charge in [0, 0.05) is 6.07 Å². The predicted octanol–water partition coefficient (Wildman–Crippen LogP) is 2.93. The number of phenolic OH excluding ortho intramolecular Hbond substituents is 1. The Morgan fingerprint density at radius 3 is 2.55 bits per heavy atom. The molecule has 0 aliphatic heterocycles. The van der Waals surface area contributed by atoms with Crippen molar-refractivity contribution in [3.8, 4) is 11.5 Å². The number of carbonyl (C=O) groups excluding carboxylic acids is 1. The van der Waals surface area contributed by atoms with Crippen molar-refractivity contribution >= 4 is 6.29 Å². The third-order valence-corrected chi connectivity index (χ3v) is 2.94. The molecule has 0 heterocycles. The Bertz CT molecular complexity index is 579. The van der Waals surface area contributed by atoms with E-state index >= 15 is 0 Å². The van der Waals surface area contributed by atoms with Gasteiger partial charge in [-0.3, -0.25) is 4.79 Å². The summed E-state index contributed by atoms with van der Waals surface area (Å²) in [5, 5.41) is 9.75. The summed E-state index contributed by atoms with van der Waals surface area (Å²) < 4.78 is 10.6. The van der Waals surface area contributed by atoms with Gasteiger partial charge in [-0.2, -0.15) is 0 Å². The van der Waals surface area contributed by atoms with Gasteiger partial charge in [-0.15, -0.1) is 0 Å². The van der Waals surface area contributed by atoms with Crippen LogP contribution >= 0.6 is 0 Å². The monoisotopic (exact) mass is 272 g/mol. The molecule has 20 heavy (non-hydrogen) atoms. The van der Waals surface area contributed by atoms with E-state index in [0.717, 1.165) is 5.56 Å². The lowest BCUT2D eigenvalue weighted by Crippen LogP contribution is -1.99. The molecule has 0 atom stereocenters. The number of ether oxygens (including phenoxy) is 2. The van der Waals surface area contributed by atoms with Gasteiger partial charge >= 0.3 is 0 Å². The third kappa shape index (κ3) is 3.36. The highest BCUT2D eigenvalue weighted by Crippen LogP contribution is 2.27. The average Bonchev–Trinajstić information content (AvgIpc) is 2.48. The summed E-state index contributed by atoms with van der Waals surface area (Å²) >= 11 is 0. The first-order valence-corrected chi connectivity index (χ1v) is 6.21. The minimum atomic E-state index is -0.0994. The van der Waals surface area contributed by atoms with Crippen LogP contribution in [0.2, 0.25) is 0 Å². The molecule has 1 N–H and O–H groups in total. The summed E-state index contributed by atoms with van der Waals surface area (Å²) in [7, 11) is 1.50. The van der Waals surface area contributed by atoms with Gasteiger partial charge < -0.3 is 14.6 Å². The zero-order chi connectivity index (χ0) is 14.4. The van der Waals surface area contributed by atoms with Crippen LogP contribution in [-0.2, 0) is 18.0 Å². The highest BCUT2D eigenvalue weighted by atomic mass is 16.5. The van der Waals surface area contributed by atoms with Crippen LogP contribution in [0.4, 0.5) is 0 Å². The molecule has 0 aromatic heterocycles. The number of aldehydes is 1. The summed E-state index contributed by atoms with van der Waals surface area (Å²) in [5.41, 5.74) is 1.89. The van der Waals surface area contributed by atoms with Crippen molar-refractivity contribution in [2.24, 2.45) is 0 Å². The quantitative estimate of drug-likeness (QED) is 0.821. The molecule has 0 saturated heterocycles. The molecule has 104 valence electrons. The summed E-state index contributed by atoms with van der Waals surface area (Å²) in [4.78, 5) is 11.0. The van der Waals surface area contributed by atoms with Gasteiger partial charge in [0.05, 0.1) is 25.9 Å². The van der Waals surface area contributed by atoms with Crippen molar-refractivity contribution in [1.29, 1.82) is 0 Å². The minimum absolute atomic E-state index is 0.0994. The Hall–Kier alpha value is -2.33. The Kier molecular flexibility index (Phi) is 4.74. The smallest absolute Gasteiger partial charge is 0.154 e. The van der Waals surface area contributed by atoms with Gasteiger partial charge in [-0.1, -0.05) is 30.3 Å². The largest absolute Gasteiger partial charge is 0.507 e. The number of phenols is 1. The first kappa shape index (κ1) is 14.1. The summed E-state index contributed by atoms with van der Waals surface area (Å²) in [6, 6.07) is 12.8. The fourth-order valence-electron chi connectivity index (χ4n) is 1.89. The van der Waals surface area contributed by atoms with Gasteiger partial charge in [0.15, 0.2) is 6.29 Å². The van der Waals surface area contributed by atoms with Crippen LogP contribution in [0.1, 0.15) is 21.5 Å². The first-order chi connectivity index (χ1) is 9.74. The standard InChI is InChI=1S/C16H16O4/c1-19-14-7-13(15(9-17)16(18)8-14)11-20-10-12-5-3-2-4-6-12/h2-9,18H,10-11H2,1H3. The first-order valence-electron chi connectivity index (χ1n) is 6.21. The molecular weight excluding hydrogens is 256 g/mol. The molecule has 0 bridgehead atoms. The van der Waals surface area contributed by atoms with Gasteiger partial charge in [-0.05, 0) is 17.2 Å². The number of methoxy groups -OCH3 is 1. The fraction of sp³-hybridized carbons (Fsp3) is 0.188. The lowest BCUT2D eigenvalue weighted by Gasteiger charge is -2.10. The topological polar surface area (TPSA) is 55.8 Å². The zero-order valence-corrected chi connectivity index (χ0v) is 11.2. The molecule has 0 spiro atoms. The number of hydrogen-bond donors (Lipinski definition) is 1. The fourth-order valence-corrected chi connectivity index (χ4v) is 1.89. The van der Waals surface area contributed by atoms with Crippen molar-refractivity contribution < 1.29 is 19.4 Å². The van der Waals surface area contributed by atoms with Crippen LogP contribution in [0.25, 0.3) is 0 Å². The van der Waals surface area contributed by atoms with Crippen LogP contribution in [-0.4, -0.2) is 18.5 Å². The highest BCUT2D eigenvalue weighted by Gasteiger charge is 2.10. The predicted molar refractivity (Wildman–Crippen MR) is 75.0 cm³/mol. The Balaban J connectivity index is 2.08. The van der Waals surface area contributed by atoms with E-state index in [1.165, 1.54) is 13.2 Å². The van der Waals surface area contributed by atoms with Crippen LogP contribution in [0.15, 0.2) is 42.5 Å². The van der Waals surface area contributed by atoms with Crippen molar-refractivity contribution in [1.82, 2.24) is 0 Å². The van der Waals surface area contributed by atoms with E-state index in [0.29, 0.717) is 24.2 Å². The van der Waals surface area contributed by atoms with Gasteiger partial charge in [0.2, 0.25) is 0 Å². The van der Waals surface area contributed by atoms with Gasteiger partial charge in [0.25, 0.3) is 0 Å². The molecule has 2 aromatic carbocycles. The van der Waals surface area contributed by atoms with E-state index < -0.39 is 0 Å². The molecule has 2 aromatic rings. The second-order valence-corrected chi connectivity index (χ2v) is 4.32. The van der Waals surface area contributed by atoms with Crippen molar-refractivity contribution in [2.75, 3.05) is 7.11 Å². The van der Waals surface area contributed by atoms with E-state index in [1.54, 1.807) is 6.07 Å². The molecule has 0 fully saturated rings. The van der Waals surface area contributed by atoms with Gasteiger partial charge in [0.1, 0.15) is 11.5 Å². The third-order valence-electron chi connectivity index (χ3n) is 2.94. The van der Waals surface area contributed by atoms with E-state index in [2.05, 4.69) is 0 Å². The van der Waals surface area contributed by atoms with Crippen LogP contribution in [0.3, 0.4) is 0 Å². The molecule has 0 amide bonds. The lowest BCUT2D eigenvalue weighted by molar-refractivity contribution is 0.103. The lowest BCUT2D eigenvalue weighted by atomic mass is 10.1. The SMILES string of the molecule is COc1cc(O)c(C=O)c(COCc2ccccc2)c1. The minimum Gasteiger partial charge on any atom is -0.507 e. The van der Waals surface area contributed by atoms with Crippen molar-refractivity contribution in [3.63, 3.8) is 0 Å². The Labute approximate surface area is 117 Å². The number of rotatable bonds is 6. The molecule has 0 aliphatic carbocycles. The maximum atomic E-state index is 11.0. The highest BCUT2D eigenvalue weighted by molar-refractivity contribution is 5.82. The second-order valence-electron chi connectivity index (χ2n) is 4.32. The Morgan fingerprint density at radius 2 is 1.90 bits per heavy atom. The normalized spacial score (nSPS) is 10.2. The molecule has 0 unspecified atom stereocenters. The maximum absolute atomic E-state index is 11.0. The van der Waals surface area contributed by atoms with E-state index in [4.69, 9.17) is 9.47 Å². The molecule has 0 saturated carbocycles. The number of hydrogen-bond acceptors (Lipinski definition) is 4. The van der Waals surface area contributed by atoms with E-state index in [1.807, 2.05) is 30.3 Å². The number of carbonyl (C=O) groups is 1. The van der Waals surface area contributed by atoms with E-state index in [9.17, 15) is 9.90 Å².